The van der Waals surface area contributed by atoms with E-state index in [1.54, 1.807) is 6.07 Å². The van der Waals surface area contributed by atoms with Crippen LogP contribution in [0.2, 0.25) is 5.02 Å². The Morgan fingerprint density at radius 2 is 1.75 bits per heavy atom. The van der Waals surface area contributed by atoms with Crippen LogP contribution in [0.3, 0.4) is 0 Å². The number of amides is 1. The first-order valence-electron chi connectivity index (χ1n) is 13.2. The van der Waals surface area contributed by atoms with Crippen molar-refractivity contribution in [3.05, 3.63) is 87.4 Å². The lowest BCUT2D eigenvalue weighted by atomic mass is 10.0. The maximum absolute atomic E-state index is 13.1. The first kappa shape index (κ1) is 29.6. The number of halogens is 1. The van der Waals surface area contributed by atoms with Gasteiger partial charge in [0.2, 0.25) is 10.0 Å². The van der Waals surface area contributed by atoms with Crippen LogP contribution in [0.1, 0.15) is 47.6 Å². The smallest absolute Gasteiger partial charge is 0.258 e. The van der Waals surface area contributed by atoms with Gasteiger partial charge >= 0.3 is 0 Å². The number of aryl methyl sites for hydroxylation is 3. The predicted molar refractivity (Wildman–Crippen MR) is 157 cm³/mol. The summed E-state index contributed by atoms with van der Waals surface area (Å²) in [6.45, 7) is 9.25. The first-order valence-corrected chi connectivity index (χ1v) is 15.0. The SMILES string of the molecule is CCOc1cc(/C=N\NC(=O)[C@H]2CCCN2S(=O)(=O)c2ccc(Cl)cc2)ccc1OCc1c(C)cc(C)cc1C. The summed E-state index contributed by atoms with van der Waals surface area (Å²) in [7, 11) is -3.85. The van der Waals surface area contributed by atoms with Crippen LogP contribution in [-0.4, -0.2) is 44.0 Å². The third-order valence-electron chi connectivity index (χ3n) is 6.79. The normalized spacial score (nSPS) is 15.9. The Balaban J connectivity index is 1.42. The van der Waals surface area contributed by atoms with Crippen molar-refractivity contribution in [3.8, 4) is 11.5 Å². The van der Waals surface area contributed by atoms with Gasteiger partial charge in [-0.25, -0.2) is 13.8 Å². The molecule has 0 saturated carbocycles. The summed E-state index contributed by atoms with van der Waals surface area (Å²) in [5, 5.41) is 4.52. The van der Waals surface area contributed by atoms with E-state index in [2.05, 4.69) is 43.4 Å². The molecule has 1 N–H and O–H groups in total. The summed E-state index contributed by atoms with van der Waals surface area (Å²) in [4.78, 5) is 13.0. The van der Waals surface area contributed by atoms with Gasteiger partial charge < -0.3 is 9.47 Å². The van der Waals surface area contributed by atoms with E-state index in [-0.39, 0.29) is 11.4 Å². The molecule has 4 rings (SSSR count). The van der Waals surface area contributed by atoms with E-state index in [1.807, 2.05) is 19.1 Å². The number of hydrazone groups is 1. The quantitative estimate of drug-likeness (QED) is 0.249. The van der Waals surface area contributed by atoms with Crippen LogP contribution in [-0.2, 0) is 21.4 Å². The van der Waals surface area contributed by atoms with Crippen molar-refractivity contribution in [1.82, 2.24) is 9.73 Å². The van der Waals surface area contributed by atoms with Gasteiger partial charge in [-0.15, -0.1) is 0 Å². The average Bonchev–Trinajstić information content (AvgIpc) is 3.41. The van der Waals surface area contributed by atoms with Gasteiger partial charge in [-0.3, -0.25) is 4.79 Å². The first-order chi connectivity index (χ1) is 19.1. The van der Waals surface area contributed by atoms with Crippen LogP contribution in [0.4, 0.5) is 0 Å². The number of rotatable bonds is 10. The van der Waals surface area contributed by atoms with Crippen molar-refractivity contribution in [2.45, 2.75) is 58.1 Å². The van der Waals surface area contributed by atoms with E-state index in [0.717, 1.165) is 5.56 Å². The molecule has 1 atom stereocenters. The fourth-order valence-electron chi connectivity index (χ4n) is 4.86. The van der Waals surface area contributed by atoms with Crippen LogP contribution >= 0.6 is 11.6 Å². The molecule has 1 heterocycles. The Bertz CT molecular complexity index is 1480. The lowest BCUT2D eigenvalue weighted by Crippen LogP contribution is -2.44. The summed E-state index contributed by atoms with van der Waals surface area (Å²) in [5.41, 5.74) is 7.90. The highest BCUT2D eigenvalue weighted by atomic mass is 35.5. The van der Waals surface area contributed by atoms with E-state index < -0.39 is 22.0 Å². The monoisotopic (exact) mass is 583 g/mol. The zero-order chi connectivity index (χ0) is 28.9. The van der Waals surface area contributed by atoms with Gasteiger partial charge in [-0.05, 0) is 105 Å². The van der Waals surface area contributed by atoms with Gasteiger partial charge in [0, 0.05) is 11.6 Å². The highest BCUT2D eigenvalue weighted by Crippen LogP contribution is 2.30. The fourth-order valence-corrected chi connectivity index (χ4v) is 6.64. The molecule has 0 radical (unpaired) electrons. The standard InChI is InChI=1S/C30H34ClN3O5S/c1-5-38-29-17-23(8-13-28(29)39-19-26-21(3)15-20(2)16-22(26)4)18-32-33-30(35)27-7-6-14-34(27)40(36,37)25-11-9-24(31)10-12-25/h8-13,15-18,27H,5-7,14,19H2,1-4H3,(H,33,35)/b32-18-/t27-/m1/s1. The minimum atomic E-state index is -3.85. The lowest BCUT2D eigenvalue weighted by Gasteiger charge is -2.22. The largest absolute Gasteiger partial charge is 0.490 e. The molecule has 0 aliphatic carbocycles. The Morgan fingerprint density at radius 1 is 1.05 bits per heavy atom. The molecule has 1 aliphatic heterocycles. The number of hydrogen-bond acceptors (Lipinski definition) is 6. The minimum Gasteiger partial charge on any atom is -0.490 e. The Kier molecular flexibility index (Phi) is 9.50. The molecule has 1 aliphatic rings. The van der Waals surface area contributed by atoms with Gasteiger partial charge in [0.05, 0.1) is 17.7 Å². The number of nitrogens with zero attached hydrogens (tertiary/aromatic N) is 2. The molecule has 8 nitrogen and oxygen atoms in total. The second-order valence-electron chi connectivity index (χ2n) is 9.77. The summed E-state index contributed by atoms with van der Waals surface area (Å²) < 4.78 is 39.4. The van der Waals surface area contributed by atoms with E-state index in [4.69, 9.17) is 21.1 Å². The van der Waals surface area contributed by atoms with Gasteiger partial charge in [0.25, 0.3) is 5.91 Å². The Hall–Kier alpha value is -3.40. The maximum atomic E-state index is 13.1. The molecule has 40 heavy (non-hydrogen) atoms. The molecule has 1 saturated heterocycles. The summed E-state index contributed by atoms with van der Waals surface area (Å²) >= 11 is 5.90. The second-order valence-corrected chi connectivity index (χ2v) is 12.1. The van der Waals surface area contributed by atoms with Gasteiger partial charge in [-0.1, -0.05) is 29.3 Å². The molecule has 3 aromatic rings. The van der Waals surface area contributed by atoms with E-state index in [1.165, 1.54) is 51.5 Å². The molecule has 0 spiro atoms. The van der Waals surface area contributed by atoms with E-state index >= 15 is 0 Å². The highest BCUT2D eigenvalue weighted by Gasteiger charge is 2.39. The van der Waals surface area contributed by atoms with E-state index in [0.29, 0.717) is 48.1 Å². The molecular weight excluding hydrogens is 550 g/mol. The van der Waals surface area contributed by atoms with Crippen LogP contribution in [0.15, 0.2) is 64.6 Å². The third-order valence-corrected chi connectivity index (χ3v) is 8.97. The maximum Gasteiger partial charge on any atom is 0.258 e. The van der Waals surface area contributed by atoms with Crippen molar-refractivity contribution in [1.29, 1.82) is 0 Å². The summed E-state index contributed by atoms with van der Waals surface area (Å²) in [5.74, 6) is 0.688. The lowest BCUT2D eigenvalue weighted by molar-refractivity contribution is -0.124. The highest BCUT2D eigenvalue weighted by molar-refractivity contribution is 7.89. The number of ether oxygens (including phenoxy) is 2. The molecular formula is C30H34ClN3O5S. The van der Waals surface area contributed by atoms with Crippen molar-refractivity contribution < 1.29 is 22.7 Å². The van der Waals surface area contributed by atoms with Crippen molar-refractivity contribution in [2.24, 2.45) is 5.10 Å². The second kappa shape index (κ2) is 12.8. The third kappa shape index (κ3) is 6.83. The van der Waals surface area contributed by atoms with Gasteiger partial charge in [0.15, 0.2) is 11.5 Å². The molecule has 0 unspecified atom stereocenters. The van der Waals surface area contributed by atoms with Crippen molar-refractivity contribution in [2.75, 3.05) is 13.2 Å². The van der Waals surface area contributed by atoms with Crippen LogP contribution in [0.25, 0.3) is 0 Å². The number of sulfonamides is 1. The van der Waals surface area contributed by atoms with Crippen LogP contribution in [0.5, 0.6) is 11.5 Å². The molecule has 1 amide bonds. The van der Waals surface area contributed by atoms with Gasteiger partial charge in [0.1, 0.15) is 12.6 Å². The molecule has 0 aromatic heterocycles. The van der Waals surface area contributed by atoms with Crippen LogP contribution in [0, 0.1) is 20.8 Å². The zero-order valence-electron chi connectivity index (χ0n) is 23.1. The summed E-state index contributed by atoms with van der Waals surface area (Å²) in [6, 6.07) is 14.8. The van der Waals surface area contributed by atoms with Crippen molar-refractivity contribution in [3.63, 3.8) is 0 Å². The fraction of sp³-hybridized carbons (Fsp3) is 0.333. The molecule has 0 bridgehead atoms. The average molecular weight is 584 g/mol. The molecule has 10 heteroatoms. The number of carbonyl (C=O) groups is 1. The summed E-state index contributed by atoms with van der Waals surface area (Å²) in [6.07, 6.45) is 2.48. The number of benzene rings is 3. The van der Waals surface area contributed by atoms with Gasteiger partial charge in [-0.2, -0.15) is 9.41 Å². The van der Waals surface area contributed by atoms with Crippen LogP contribution < -0.4 is 14.9 Å². The minimum absolute atomic E-state index is 0.0959. The Labute approximate surface area is 241 Å². The number of carbonyl (C=O) groups excluding carboxylic acids is 1. The molecule has 1 fully saturated rings. The predicted octanol–water partition coefficient (Wildman–Crippen LogP) is 5.55. The van der Waals surface area contributed by atoms with E-state index in [9.17, 15) is 13.2 Å². The number of nitrogens with one attached hydrogen (secondary N) is 1. The Morgan fingerprint density at radius 3 is 2.42 bits per heavy atom. The topological polar surface area (TPSA) is 97.3 Å². The zero-order valence-corrected chi connectivity index (χ0v) is 24.7. The van der Waals surface area contributed by atoms with Crippen molar-refractivity contribution >= 4 is 33.7 Å². The molecule has 3 aromatic carbocycles. The number of hydrogen-bond donors (Lipinski definition) is 1. The molecule has 212 valence electrons.